The fourth-order valence-electron chi connectivity index (χ4n) is 4.20. The van der Waals surface area contributed by atoms with Gasteiger partial charge in [-0.25, -0.2) is 12.8 Å². The number of halogens is 1. The molecule has 0 unspecified atom stereocenters. The van der Waals surface area contributed by atoms with E-state index in [9.17, 15) is 22.4 Å². The normalized spacial score (nSPS) is 12.6. The van der Waals surface area contributed by atoms with Gasteiger partial charge in [0.1, 0.15) is 29.9 Å². The monoisotopic (exact) mass is 599 g/mol. The lowest BCUT2D eigenvalue weighted by Gasteiger charge is -2.33. The van der Waals surface area contributed by atoms with Crippen molar-refractivity contribution in [3.8, 4) is 11.5 Å². The molecule has 3 aromatic carbocycles. The summed E-state index contributed by atoms with van der Waals surface area (Å²) in [5.74, 6) is -1.19. The standard InChI is InChI=1S/C31H38FN3O6S/c1-7-22(3)33-31(37)23(4)34(19-24-10-8-9-11-27(24)32)30(36)20-35(28-18-25(40-5)14-17-29(28)41-6)42(38,39)26-15-12-21(2)13-16-26/h8-18,22-23H,7,19-20H2,1-6H3,(H,33,37)/t22-,23-/m0/s1. The predicted molar refractivity (Wildman–Crippen MR) is 160 cm³/mol. The van der Waals surface area contributed by atoms with Crippen molar-refractivity contribution in [2.45, 2.75) is 57.6 Å². The third-order valence-corrected chi connectivity index (χ3v) is 8.78. The maximum Gasteiger partial charge on any atom is 0.264 e. The number of methoxy groups -OCH3 is 2. The predicted octanol–water partition coefficient (Wildman–Crippen LogP) is 4.68. The Kier molecular flexibility index (Phi) is 10.9. The number of nitrogens with zero attached hydrogens (tertiary/aromatic N) is 2. The molecule has 0 bridgehead atoms. The second-order valence-electron chi connectivity index (χ2n) is 9.97. The second-order valence-corrected chi connectivity index (χ2v) is 11.8. The van der Waals surface area contributed by atoms with E-state index in [1.54, 1.807) is 24.3 Å². The highest BCUT2D eigenvalue weighted by atomic mass is 32.2. The quantitative estimate of drug-likeness (QED) is 0.306. The number of rotatable bonds is 13. The molecule has 0 spiro atoms. The van der Waals surface area contributed by atoms with Gasteiger partial charge in [0.15, 0.2) is 0 Å². The first-order valence-corrected chi connectivity index (χ1v) is 15.0. The average Bonchev–Trinajstić information content (AvgIpc) is 2.98. The van der Waals surface area contributed by atoms with Crippen LogP contribution in [-0.2, 0) is 26.2 Å². The lowest BCUT2D eigenvalue weighted by Crippen LogP contribution is -2.52. The molecule has 1 N–H and O–H groups in total. The van der Waals surface area contributed by atoms with Gasteiger partial charge in [0.25, 0.3) is 10.0 Å². The Morgan fingerprint density at radius 3 is 2.24 bits per heavy atom. The van der Waals surface area contributed by atoms with E-state index in [1.165, 1.54) is 68.5 Å². The van der Waals surface area contributed by atoms with E-state index >= 15 is 0 Å². The van der Waals surface area contributed by atoms with Crippen LogP contribution < -0.4 is 19.1 Å². The van der Waals surface area contributed by atoms with Crippen LogP contribution in [0.25, 0.3) is 0 Å². The van der Waals surface area contributed by atoms with E-state index in [0.29, 0.717) is 12.2 Å². The van der Waals surface area contributed by atoms with Crippen molar-refractivity contribution in [1.82, 2.24) is 10.2 Å². The molecular formula is C31H38FN3O6S. The first-order valence-electron chi connectivity index (χ1n) is 13.6. The molecule has 0 heterocycles. The van der Waals surface area contributed by atoms with E-state index in [4.69, 9.17) is 9.47 Å². The zero-order valence-electron chi connectivity index (χ0n) is 24.8. The summed E-state index contributed by atoms with van der Waals surface area (Å²) >= 11 is 0. The molecule has 3 aromatic rings. The van der Waals surface area contributed by atoms with E-state index in [-0.39, 0.29) is 34.5 Å². The molecule has 0 aliphatic heterocycles. The van der Waals surface area contributed by atoms with Crippen LogP contribution in [0, 0.1) is 12.7 Å². The molecule has 3 rings (SSSR count). The van der Waals surface area contributed by atoms with E-state index < -0.39 is 40.2 Å². The van der Waals surface area contributed by atoms with Crippen LogP contribution in [0.4, 0.5) is 10.1 Å². The van der Waals surface area contributed by atoms with Crippen LogP contribution in [0.2, 0.25) is 0 Å². The van der Waals surface area contributed by atoms with Crippen LogP contribution in [0.1, 0.15) is 38.3 Å². The van der Waals surface area contributed by atoms with Crippen LogP contribution >= 0.6 is 0 Å². The molecule has 2 atom stereocenters. The average molecular weight is 600 g/mol. The van der Waals surface area contributed by atoms with Crippen molar-refractivity contribution in [2.75, 3.05) is 25.1 Å². The summed E-state index contributed by atoms with van der Waals surface area (Å²) in [5.41, 5.74) is 1.10. The molecule has 226 valence electrons. The summed E-state index contributed by atoms with van der Waals surface area (Å²) < 4.78 is 54.6. The van der Waals surface area contributed by atoms with Gasteiger partial charge in [-0.15, -0.1) is 0 Å². The minimum absolute atomic E-state index is 0.0472. The largest absolute Gasteiger partial charge is 0.497 e. The van der Waals surface area contributed by atoms with Crippen LogP contribution in [0.3, 0.4) is 0 Å². The Balaban J connectivity index is 2.13. The number of aryl methyl sites for hydroxylation is 1. The molecule has 0 aliphatic rings. The maximum absolute atomic E-state index is 14.7. The van der Waals surface area contributed by atoms with Gasteiger partial charge in [-0.3, -0.25) is 13.9 Å². The van der Waals surface area contributed by atoms with Crippen molar-refractivity contribution in [1.29, 1.82) is 0 Å². The molecule has 0 aliphatic carbocycles. The first kappa shape index (κ1) is 32.4. The maximum atomic E-state index is 14.7. The molecule has 0 saturated carbocycles. The molecule has 9 nitrogen and oxygen atoms in total. The van der Waals surface area contributed by atoms with E-state index in [1.807, 2.05) is 20.8 Å². The Hall–Kier alpha value is -4.12. The van der Waals surface area contributed by atoms with E-state index in [2.05, 4.69) is 5.32 Å². The van der Waals surface area contributed by atoms with Crippen LogP contribution in [-0.4, -0.2) is 58.0 Å². The third-order valence-electron chi connectivity index (χ3n) is 7.01. The lowest BCUT2D eigenvalue weighted by atomic mass is 10.1. The van der Waals surface area contributed by atoms with Gasteiger partial charge >= 0.3 is 0 Å². The Morgan fingerprint density at radius 2 is 1.64 bits per heavy atom. The van der Waals surface area contributed by atoms with Crippen LogP contribution in [0.15, 0.2) is 71.6 Å². The van der Waals surface area contributed by atoms with Gasteiger partial charge in [-0.05, 0) is 57.5 Å². The second kappa shape index (κ2) is 14.2. The highest BCUT2D eigenvalue weighted by Gasteiger charge is 2.34. The molecule has 11 heteroatoms. The minimum Gasteiger partial charge on any atom is -0.497 e. The zero-order valence-corrected chi connectivity index (χ0v) is 25.6. The molecule has 0 saturated heterocycles. The number of anilines is 1. The number of sulfonamides is 1. The zero-order chi connectivity index (χ0) is 31.0. The molecule has 0 fully saturated rings. The van der Waals surface area contributed by atoms with Gasteiger partial charge in [0.05, 0.1) is 24.8 Å². The summed E-state index contributed by atoms with van der Waals surface area (Å²) in [6.45, 7) is 6.14. The van der Waals surface area contributed by atoms with Crippen molar-refractivity contribution >= 4 is 27.5 Å². The van der Waals surface area contributed by atoms with Crippen molar-refractivity contribution in [3.05, 3.63) is 83.7 Å². The fraction of sp³-hybridized carbons (Fsp3) is 0.355. The lowest BCUT2D eigenvalue weighted by molar-refractivity contribution is -0.139. The fourth-order valence-corrected chi connectivity index (χ4v) is 5.62. The number of hydrogen-bond acceptors (Lipinski definition) is 6. The Labute approximate surface area is 247 Å². The highest BCUT2D eigenvalue weighted by molar-refractivity contribution is 7.92. The number of amides is 2. The molecule has 2 amide bonds. The number of nitrogens with one attached hydrogen (secondary N) is 1. The van der Waals surface area contributed by atoms with Gasteiger partial charge in [0.2, 0.25) is 11.8 Å². The summed E-state index contributed by atoms with van der Waals surface area (Å²) in [6.07, 6.45) is 0.665. The molecule has 42 heavy (non-hydrogen) atoms. The highest BCUT2D eigenvalue weighted by Crippen LogP contribution is 2.36. The number of carbonyl (C=O) groups is 2. The van der Waals surface area contributed by atoms with Crippen molar-refractivity contribution in [2.24, 2.45) is 0 Å². The minimum atomic E-state index is -4.33. The number of carbonyl (C=O) groups excluding carboxylic acids is 2. The topological polar surface area (TPSA) is 105 Å². The summed E-state index contributed by atoms with van der Waals surface area (Å²) in [6, 6.07) is 15.5. The van der Waals surface area contributed by atoms with Crippen LogP contribution in [0.5, 0.6) is 11.5 Å². The van der Waals surface area contributed by atoms with Gasteiger partial charge in [-0.1, -0.05) is 42.8 Å². The Morgan fingerprint density at radius 1 is 0.976 bits per heavy atom. The smallest absolute Gasteiger partial charge is 0.264 e. The number of ether oxygens (including phenoxy) is 2. The summed E-state index contributed by atoms with van der Waals surface area (Å²) in [7, 11) is -1.51. The number of hydrogen-bond donors (Lipinski definition) is 1. The molecular weight excluding hydrogens is 561 g/mol. The molecule has 0 radical (unpaired) electrons. The van der Waals surface area contributed by atoms with Gasteiger partial charge < -0.3 is 19.7 Å². The molecule has 0 aromatic heterocycles. The first-order chi connectivity index (χ1) is 19.9. The van der Waals surface area contributed by atoms with Crippen molar-refractivity contribution in [3.63, 3.8) is 0 Å². The summed E-state index contributed by atoms with van der Waals surface area (Å²) in [5, 5.41) is 2.85. The van der Waals surface area contributed by atoms with Gasteiger partial charge in [0, 0.05) is 24.2 Å². The van der Waals surface area contributed by atoms with Gasteiger partial charge in [-0.2, -0.15) is 0 Å². The van der Waals surface area contributed by atoms with Crippen molar-refractivity contribution < 1.29 is 31.9 Å². The Bertz CT molecular complexity index is 1500. The van der Waals surface area contributed by atoms with E-state index in [0.717, 1.165) is 9.87 Å². The summed E-state index contributed by atoms with van der Waals surface area (Å²) in [4.78, 5) is 28.4. The SMILES string of the molecule is CC[C@H](C)NC(=O)[C@H](C)N(Cc1ccccc1F)C(=O)CN(c1cc(OC)ccc1OC)S(=O)(=O)c1ccc(C)cc1. The third kappa shape index (κ3) is 7.58. The number of benzene rings is 3.